The van der Waals surface area contributed by atoms with E-state index < -0.39 is 0 Å². The Kier molecular flexibility index (Phi) is 18.2. The summed E-state index contributed by atoms with van der Waals surface area (Å²) in [5.41, 5.74) is 20.5. The molecule has 8 nitrogen and oxygen atoms in total. The van der Waals surface area contributed by atoms with Gasteiger partial charge in [0.05, 0.1) is 40.7 Å². The van der Waals surface area contributed by atoms with Gasteiger partial charge in [-0.05, 0) is 72.2 Å². The van der Waals surface area contributed by atoms with Crippen molar-refractivity contribution in [3.8, 4) is 12.8 Å². The molecule has 1 atom stereocenters. The second-order valence-corrected chi connectivity index (χ2v) is 11.7. The fourth-order valence-corrected chi connectivity index (χ4v) is 4.78. The van der Waals surface area contributed by atoms with Crippen LogP contribution in [0.3, 0.4) is 0 Å². The number of halogens is 1. The summed E-state index contributed by atoms with van der Waals surface area (Å²) in [5, 5.41) is 10.0. The molecule has 4 rings (SSSR count). The van der Waals surface area contributed by atoms with Crippen LogP contribution in [0.5, 0.6) is 0 Å². The van der Waals surface area contributed by atoms with Crippen LogP contribution in [0.15, 0.2) is 149 Å². The Morgan fingerprint density at radius 3 is 2.20 bits per heavy atom. The molecule has 1 aliphatic carbocycles. The zero-order valence-corrected chi connectivity index (χ0v) is 29.7. The van der Waals surface area contributed by atoms with Crippen molar-refractivity contribution in [2.45, 2.75) is 53.2 Å². The van der Waals surface area contributed by atoms with E-state index in [1.807, 2.05) is 31.0 Å². The zero-order chi connectivity index (χ0) is 37.4. The van der Waals surface area contributed by atoms with Crippen LogP contribution in [0.25, 0.3) is 0 Å². The second kappa shape index (κ2) is 21.4. The molecule has 0 fully saturated rings. The number of aliphatic imine (C=N–C) groups is 2. The summed E-state index contributed by atoms with van der Waals surface area (Å²) >= 11 is 0. The molecule has 2 aromatic rings. The van der Waals surface area contributed by atoms with Crippen molar-refractivity contribution in [1.29, 1.82) is 0 Å². The average molecular weight is 691 g/mol. The molecule has 0 bridgehead atoms. The predicted octanol–water partition coefficient (Wildman–Crippen LogP) is 8.13. The number of nitrogens with two attached hydrogens (primary N) is 2. The van der Waals surface area contributed by atoms with E-state index in [9.17, 15) is 4.39 Å². The molecule has 2 aromatic carbocycles. The van der Waals surface area contributed by atoms with Gasteiger partial charge in [-0.25, -0.2) is 9.38 Å². The van der Waals surface area contributed by atoms with Gasteiger partial charge in [0.15, 0.2) is 5.82 Å². The Morgan fingerprint density at radius 1 is 1.04 bits per heavy atom. The summed E-state index contributed by atoms with van der Waals surface area (Å²) in [4.78, 5) is 10.6. The molecule has 2 aliphatic rings. The monoisotopic (exact) mass is 690 g/mol. The third kappa shape index (κ3) is 12.3. The molecular formula is C42H55FN8. The predicted molar refractivity (Wildman–Crippen MR) is 218 cm³/mol. The number of rotatable bonds is 15. The van der Waals surface area contributed by atoms with Crippen molar-refractivity contribution in [1.82, 2.24) is 15.5 Å². The molecule has 0 amide bonds. The van der Waals surface area contributed by atoms with Crippen molar-refractivity contribution in [3.63, 3.8) is 0 Å². The first-order valence-electron chi connectivity index (χ1n) is 16.1. The van der Waals surface area contributed by atoms with Gasteiger partial charge in [-0.2, -0.15) is 0 Å². The molecule has 0 radical (unpaired) electrons. The van der Waals surface area contributed by atoms with Gasteiger partial charge in [-0.3, -0.25) is 4.99 Å². The molecule has 1 aliphatic heterocycles. The van der Waals surface area contributed by atoms with Gasteiger partial charge in [0.25, 0.3) is 0 Å². The quantitative estimate of drug-likeness (QED) is 0.0733. The topological polar surface area (TPSA) is 116 Å². The number of hydrogen-bond acceptors (Lipinski definition) is 8. The van der Waals surface area contributed by atoms with E-state index >= 15 is 0 Å². The first kappa shape index (κ1) is 43.3. The van der Waals surface area contributed by atoms with E-state index in [1.54, 1.807) is 18.3 Å². The van der Waals surface area contributed by atoms with Crippen LogP contribution < -0.4 is 27.4 Å². The molecule has 0 saturated heterocycles. The van der Waals surface area contributed by atoms with E-state index in [0.717, 1.165) is 57.6 Å². The zero-order valence-electron chi connectivity index (χ0n) is 29.7. The Morgan fingerprint density at radius 2 is 1.67 bits per heavy atom. The molecule has 0 unspecified atom stereocenters. The molecule has 0 saturated carbocycles. The van der Waals surface area contributed by atoms with Gasteiger partial charge in [0.1, 0.15) is 5.82 Å². The van der Waals surface area contributed by atoms with E-state index in [4.69, 9.17) is 16.5 Å². The molecular weight excluding hydrogens is 636 g/mol. The van der Waals surface area contributed by atoms with E-state index in [2.05, 4.69) is 105 Å². The fraction of sp³-hybridized carbons (Fsp3) is 0.238. The van der Waals surface area contributed by atoms with Gasteiger partial charge >= 0.3 is 0 Å². The van der Waals surface area contributed by atoms with Gasteiger partial charge in [0, 0.05) is 32.4 Å². The number of nitrogens with zero attached hydrogens (tertiary/aromatic N) is 3. The van der Waals surface area contributed by atoms with Crippen LogP contribution in [0.2, 0.25) is 0 Å². The lowest BCUT2D eigenvalue weighted by Gasteiger charge is -2.30. The largest absolute Gasteiger partial charge is 0.380 e. The average Bonchev–Trinajstić information content (AvgIpc) is 3.13. The summed E-state index contributed by atoms with van der Waals surface area (Å²) in [7, 11) is 1.89. The van der Waals surface area contributed by atoms with Gasteiger partial charge < -0.3 is 32.3 Å². The Hall–Kier alpha value is -5.69. The van der Waals surface area contributed by atoms with Gasteiger partial charge in [-0.15, -0.1) is 12.8 Å². The SMILES string of the molecule is C.C#C.C=C(C)CN.C=N/C=C1/N=C(C(=C)N[C@@H](CCC)c2ccc(CN)cc2)C=C(C(=C)NCc2ccc(F)c(NC3=CC(=C)C3=C)c2)N1C. The summed E-state index contributed by atoms with van der Waals surface area (Å²) in [6, 6.07) is 13.3. The summed E-state index contributed by atoms with van der Waals surface area (Å²) in [6.07, 6.45) is 15.3. The van der Waals surface area contributed by atoms with Crippen LogP contribution in [-0.2, 0) is 13.1 Å². The van der Waals surface area contributed by atoms with Gasteiger partial charge in [-0.1, -0.05) is 89.6 Å². The fourth-order valence-electron chi connectivity index (χ4n) is 4.78. The number of allylic oxidation sites excluding steroid dienone is 3. The van der Waals surface area contributed by atoms with E-state index in [-0.39, 0.29) is 19.3 Å². The number of anilines is 1. The highest BCUT2D eigenvalue weighted by molar-refractivity contribution is 6.09. The third-order valence-corrected chi connectivity index (χ3v) is 7.77. The highest BCUT2D eigenvalue weighted by Crippen LogP contribution is 2.31. The maximum absolute atomic E-state index is 14.5. The Balaban J connectivity index is 0.00000149. The van der Waals surface area contributed by atoms with Crippen molar-refractivity contribution < 1.29 is 4.39 Å². The molecule has 51 heavy (non-hydrogen) atoms. The van der Waals surface area contributed by atoms with Crippen molar-refractivity contribution in [3.05, 3.63) is 162 Å². The lowest BCUT2D eigenvalue weighted by Crippen LogP contribution is -2.31. The minimum atomic E-state index is -0.348. The molecule has 1 heterocycles. The Bertz CT molecular complexity index is 1740. The maximum Gasteiger partial charge on any atom is 0.152 e. The highest BCUT2D eigenvalue weighted by atomic mass is 19.1. The third-order valence-electron chi connectivity index (χ3n) is 7.77. The van der Waals surface area contributed by atoms with Crippen LogP contribution in [0, 0.1) is 18.7 Å². The van der Waals surface area contributed by atoms with Crippen molar-refractivity contribution in [2.75, 3.05) is 18.9 Å². The minimum absolute atomic E-state index is 0. The van der Waals surface area contributed by atoms with Crippen LogP contribution in [0.1, 0.15) is 56.8 Å². The van der Waals surface area contributed by atoms with E-state index in [1.165, 1.54) is 6.07 Å². The number of likely N-dealkylation sites (N-methyl/N-ethyl adjacent to an activating group) is 1. The highest BCUT2D eigenvalue weighted by Gasteiger charge is 2.22. The van der Waals surface area contributed by atoms with Crippen LogP contribution >= 0.6 is 0 Å². The molecule has 0 aromatic heterocycles. The van der Waals surface area contributed by atoms with Crippen molar-refractivity contribution in [2.24, 2.45) is 21.5 Å². The summed E-state index contributed by atoms with van der Waals surface area (Å²) in [6.45, 7) is 29.2. The van der Waals surface area contributed by atoms with Crippen LogP contribution in [0.4, 0.5) is 10.1 Å². The lowest BCUT2D eigenvalue weighted by molar-refractivity contribution is 0.503. The first-order chi connectivity index (χ1) is 23.9. The molecule has 0 spiro atoms. The van der Waals surface area contributed by atoms with Crippen molar-refractivity contribution >= 4 is 18.1 Å². The standard InChI is InChI=1S/C35H40FN7.C4H9N.C2H2.CH4/c1-8-9-30(28-13-10-26(19-37)11-14-28)40-24(4)32-18-34(43(7)35(42-32)21-38-6)25(5)39-20-27-12-15-29(36)33(17-27)41-31-16-22(2)23(31)3;1-4(2)3-5;1-2;/h10-18,21,30,39-41H,2-6,8-9,19-20,37H2,1,7H3;1,3,5H2,2H3;1-2H;1H4/b35-21-;;;/t30-;;;/m0.../s1. The molecule has 7 N–H and O–H groups in total. The van der Waals surface area contributed by atoms with Crippen LogP contribution in [-0.4, -0.2) is 30.9 Å². The molecule has 9 heteroatoms. The lowest BCUT2D eigenvalue weighted by atomic mass is 9.94. The number of benzene rings is 2. The maximum atomic E-state index is 14.5. The van der Waals surface area contributed by atoms with Gasteiger partial charge in [0.2, 0.25) is 0 Å². The smallest absolute Gasteiger partial charge is 0.152 e. The van der Waals surface area contributed by atoms with E-state index in [0.29, 0.717) is 48.2 Å². The Labute approximate surface area is 305 Å². The molecule has 270 valence electrons. The number of nitrogens with one attached hydrogen (secondary N) is 3. The minimum Gasteiger partial charge on any atom is -0.380 e. The first-order valence-corrected chi connectivity index (χ1v) is 16.1. The summed E-state index contributed by atoms with van der Waals surface area (Å²) < 4.78 is 14.5. The number of terminal acetylenes is 1. The normalized spacial score (nSPS) is 14.3. The number of hydrogen-bond donors (Lipinski definition) is 5. The summed E-state index contributed by atoms with van der Waals surface area (Å²) in [5.74, 6) is 0.246. The second-order valence-electron chi connectivity index (χ2n) is 11.7.